The maximum Gasteiger partial charge on any atom is 0.220 e. The maximum atomic E-state index is 12.5. The summed E-state index contributed by atoms with van der Waals surface area (Å²) in [7, 11) is 0. The summed E-state index contributed by atoms with van der Waals surface area (Å²) in [4.78, 5) is 12.5. The van der Waals surface area contributed by atoms with Gasteiger partial charge in [-0.2, -0.15) is 0 Å². The first-order chi connectivity index (χ1) is 35.2. The Morgan fingerprint density at radius 2 is 0.634 bits per heavy atom. The van der Waals surface area contributed by atoms with Gasteiger partial charge in [0, 0.05) is 6.42 Å². The van der Waals surface area contributed by atoms with E-state index in [9.17, 15) is 15.0 Å². The van der Waals surface area contributed by atoms with Crippen molar-refractivity contribution >= 4 is 5.91 Å². The predicted molar refractivity (Wildman–Crippen MR) is 317 cm³/mol. The number of hydrogen-bond acceptors (Lipinski definition) is 3. The van der Waals surface area contributed by atoms with E-state index in [1.165, 1.54) is 212 Å². The number of carbonyl (C=O) groups excluding carboxylic acids is 1. The zero-order valence-electron chi connectivity index (χ0n) is 47.2. The lowest BCUT2D eigenvalue weighted by Gasteiger charge is -2.19. The molecule has 410 valence electrons. The Labute approximate surface area is 443 Å². The molecule has 4 nitrogen and oxygen atoms in total. The Morgan fingerprint density at radius 3 is 0.986 bits per heavy atom. The fourth-order valence-electron chi connectivity index (χ4n) is 9.14. The van der Waals surface area contributed by atoms with Gasteiger partial charge in [0.1, 0.15) is 0 Å². The van der Waals surface area contributed by atoms with Crippen LogP contribution in [0.4, 0.5) is 0 Å². The van der Waals surface area contributed by atoms with Crippen LogP contribution < -0.4 is 5.32 Å². The summed E-state index contributed by atoms with van der Waals surface area (Å²) < 4.78 is 0. The van der Waals surface area contributed by atoms with E-state index in [0.717, 1.165) is 70.6 Å². The number of unbranched alkanes of at least 4 members (excludes halogenated alkanes) is 35. The fourth-order valence-corrected chi connectivity index (χ4v) is 9.14. The molecule has 1 amide bonds. The van der Waals surface area contributed by atoms with E-state index in [-0.39, 0.29) is 12.5 Å². The molecule has 2 unspecified atom stereocenters. The van der Waals surface area contributed by atoms with E-state index in [2.05, 4.69) is 104 Å². The first kappa shape index (κ1) is 68.3. The number of aliphatic hydroxyl groups excluding tert-OH is 2. The van der Waals surface area contributed by atoms with Gasteiger partial charge in [-0.05, 0) is 83.5 Å². The van der Waals surface area contributed by atoms with Crippen LogP contribution in [0, 0.1) is 0 Å². The summed E-state index contributed by atoms with van der Waals surface area (Å²) >= 11 is 0. The smallest absolute Gasteiger partial charge is 0.220 e. The molecule has 0 heterocycles. The van der Waals surface area contributed by atoms with Crippen molar-refractivity contribution < 1.29 is 15.0 Å². The topological polar surface area (TPSA) is 69.6 Å². The number of amides is 1. The summed E-state index contributed by atoms with van der Waals surface area (Å²) in [5.41, 5.74) is 0. The van der Waals surface area contributed by atoms with Crippen LogP contribution in [-0.2, 0) is 4.79 Å². The van der Waals surface area contributed by atoms with Crippen molar-refractivity contribution in [3.8, 4) is 0 Å². The van der Waals surface area contributed by atoms with Crippen LogP contribution in [0.3, 0.4) is 0 Å². The molecule has 0 bridgehead atoms. The molecule has 0 aliphatic heterocycles. The van der Waals surface area contributed by atoms with Crippen LogP contribution in [0.5, 0.6) is 0 Å². The van der Waals surface area contributed by atoms with Crippen molar-refractivity contribution in [2.75, 3.05) is 6.61 Å². The van der Waals surface area contributed by atoms with Gasteiger partial charge in [0.15, 0.2) is 0 Å². The molecule has 0 saturated carbocycles. The van der Waals surface area contributed by atoms with Gasteiger partial charge in [0.25, 0.3) is 0 Å². The standard InChI is InChI=1S/C67H119NO3/c1-3-5-7-9-11-13-15-17-19-21-23-25-27-29-31-32-33-34-35-36-37-39-41-43-45-47-49-51-53-55-57-59-61-63-67(71)68-65(64-69)66(70)62-60-58-56-54-52-50-48-46-44-42-40-38-30-28-26-24-22-20-18-16-14-12-10-8-6-4-2/h5,7,11,13,17,19,23,25,29,31,33-34,52,54,60,62,65-66,69-70H,3-4,6,8-10,12,14-16,18,20-22,24,26-28,30,32,35-51,53,55-59,61,63-64H2,1-2H3,(H,68,71)/b7-5-,13-11-,19-17-,25-23-,31-29-,34-33-,54-52+,62-60+. The lowest BCUT2D eigenvalue weighted by Crippen LogP contribution is -2.45. The fraction of sp³-hybridized carbons (Fsp3) is 0.746. The van der Waals surface area contributed by atoms with Crippen LogP contribution in [0.1, 0.15) is 303 Å². The molecule has 2 atom stereocenters. The third-order valence-corrected chi connectivity index (χ3v) is 13.8. The Kier molecular flexibility index (Phi) is 59.3. The summed E-state index contributed by atoms with van der Waals surface area (Å²) in [6.07, 6.45) is 91.6. The van der Waals surface area contributed by atoms with Gasteiger partial charge in [-0.15, -0.1) is 0 Å². The molecule has 0 spiro atoms. The number of nitrogens with one attached hydrogen (secondary N) is 1. The number of aliphatic hydroxyl groups is 2. The summed E-state index contributed by atoms with van der Waals surface area (Å²) in [6, 6.07) is -0.646. The quantitative estimate of drug-likeness (QED) is 0.0420. The van der Waals surface area contributed by atoms with Crippen LogP contribution in [-0.4, -0.2) is 34.9 Å². The third kappa shape index (κ3) is 58.1. The molecule has 0 aliphatic rings. The molecule has 71 heavy (non-hydrogen) atoms. The zero-order chi connectivity index (χ0) is 51.3. The van der Waals surface area contributed by atoms with E-state index in [4.69, 9.17) is 0 Å². The maximum absolute atomic E-state index is 12.5. The molecule has 0 aliphatic carbocycles. The summed E-state index contributed by atoms with van der Waals surface area (Å²) in [5.74, 6) is -0.0747. The minimum absolute atomic E-state index is 0.0747. The van der Waals surface area contributed by atoms with E-state index >= 15 is 0 Å². The zero-order valence-corrected chi connectivity index (χ0v) is 47.2. The molecule has 0 radical (unpaired) electrons. The molecule has 0 aromatic rings. The predicted octanol–water partition coefficient (Wildman–Crippen LogP) is 20.9. The largest absolute Gasteiger partial charge is 0.394 e. The van der Waals surface area contributed by atoms with E-state index in [0.29, 0.717) is 6.42 Å². The van der Waals surface area contributed by atoms with Crippen LogP contribution in [0.25, 0.3) is 0 Å². The van der Waals surface area contributed by atoms with Gasteiger partial charge >= 0.3 is 0 Å². The Morgan fingerprint density at radius 1 is 0.352 bits per heavy atom. The van der Waals surface area contributed by atoms with Crippen molar-refractivity contribution in [2.45, 2.75) is 315 Å². The van der Waals surface area contributed by atoms with Crippen LogP contribution in [0.2, 0.25) is 0 Å². The van der Waals surface area contributed by atoms with Crippen molar-refractivity contribution in [3.05, 3.63) is 97.2 Å². The Bertz CT molecular complexity index is 1300. The molecule has 0 aromatic heterocycles. The molecule has 0 fully saturated rings. The highest BCUT2D eigenvalue weighted by Gasteiger charge is 2.18. The molecule has 4 heteroatoms. The average molecular weight is 987 g/mol. The van der Waals surface area contributed by atoms with E-state index < -0.39 is 12.1 Å². The number of carbonyl (C=O) groups is 1. The number of allylic oxidation sites excluding steroid dienone is 15. The van der Waals surface area contributed by atoms with Crippen LogP contribution in [0.15, 0.2) is 97.2 Å². The molecule has 0 saturated heterocycles. The number of rotatable bonds is 56. The van der Waals surface area contributed by atoms with Gasteiger partial charge < -0.3 is 15.5 Å². The highest BCUT2D eigenvalue weighted by molar-refractivity contribution is 5.76. The van der Waals surface area contributed by atoms with Gasteiger partial charge in [0.2, 0.25) is 5.91 Å². The second-order valence-electron chi connectivity index (χ2n) is 20.7. The van der Waals surface area contributed by atoms with Crippen molar-refractivity contribution in [1.82, 2.24) is 5.32 Å². The minimum Gasteiger partial charge on any atom is -0.394 e. The average Bonchev–Trinajstić information content (AvgIpc) is 3.37. The third-order valence-electron chi connectivity index (χ3n) is 13.8. The SMILES string of the molecule is CC/C=C\C/C=C\C/C=C\C/C=C\C/C=C\C/C=C\CCCCCCCCCCCCCCCCC(=O)NC(CO)C(O)/C=C/CC/C=C/CCCCCCCCCCCCCCCCCCCCCC. The Hall–Kier alpha value is -2.69. The van der Waals surface area contributed by atoms with Crippen molar-refractivity contribution in [2.24, 2.45) is 0 Å². The second-order valence-corrected chi connectivity index (χ2v) is 20.7. The molecule has 0 rings (SSSR count). The first-order valence-corrected chi connectivity index (χ1v) is 31.0. The highest BCUT2D eigenvalue weighted by Crippen LogP contribution is 2.17. The van der Waals surface area contributed by atoms with Gasteiger partial charge in [-0.1, -0.05) is 310 Å². The van der Waals surface area contributed by atoms with E-state index in [1.807, 2.05) is 6.08 Å². The normalized spacial score (nSPS) is 13.5. The van der Waals surface area contributed by atoms with Gasteiger partial charge in [0.05, 0.1) is 18.8 Å². The molecular weight excluding hydrogens is 867 g/mol. The first-order valence-electron chi connectivity index (χ1n) is 31.0. The highest BCUT2D eigenvalue weighted by atomic mass is 16.3. The van der Waals surface area contributed by atoms with Crippen LogP contribution >= 0.6 is 0 Å². The van der Waals surface area contributed by atoms with Gasteiger partial charge in [-0.3, -0.25) is 4.79 Å². The lowest BCUT2D eigenvalue weighted by atomic mass is 10.0. The Balaban J connectivity index is 3.54. The molecule has 3 N–H and O–H groups in total. The number of hydrogen-bond donors (Lipinski definition) is 3. The lowest BCUT2D eigenvalue weighted by molar-refractivity contribution is -0.123. The molecule has 0 aromatic carbocycles. The second kappa shape index (κ2) is 61.6. The molecular formula is C67H119NO3. The van der Waals surface area contributed by atoms with Crippen molar-refractivity contribution in [3.63, 3.8) is 0 Å². The summed E-state index contributed by atoms with van der Waals surface area (Å²) in [5, 5.41) is 23.2. The van der Waals surface area contributed by atoms with E-state index in [1.54, 1.807) is 6.08 Å². The van der Waals surface area contributed by atoms with Crippen molar-refractivity contribution in [1.29, 1.82) is 0 Å². The summed E-state index contributed by atoms with van der Waals surface area (Å²) in [6.45, 7) is 4.20. The monoisotopic (exact) mass is 986 g/mol. The van der Waals surface area contributed by atoms with Gasteiger partial charge in [-0.25, -0.2) is 0 Å². The minimum atomic E-state index is -0.869.